The minimum Gasteiger partial charge on any atom is -0.496 e. The predicted octanol–water partition coefficient (Wildman–Crippen LogP) is 3.58. The zero-order chi connectivity index (χ0) is 17.0. The van der Waals surface area contributed by atoms with E-state index >= 15 is 0 Å². The van der Waals surface area contributed by atoms with Gasteiger partial charge in [0, 0.05) is 11.2 Å². The lowest BCUT2D eigenvalue weighted by Crippen LogP contribution is -2.38. The molecule has 5 nitrogen and oxygen atoms in total. The number of likely N-dealkylation sites (N-methyl/N-ethyl adjacent to an activating group) is 1. The molecule has 0 atom stereocenters. The first-order valence-corrected chi connectivity index (χ1v) is 7.42. The normalized spacial score (nSPS) is 12.0. The fourth-order valence-electron chi connectivity index (χ4n) is 1.98. The summed E-state index contributed by atoms with van der Waals surface area (Å²) in [5.41, 5.74) is 1.12. The maximum Gasteiger partial charge on any atom is 0.412 e. The minimum absolute atomic E-state index is 0.0716. The summed E-state index contributed by atoms with van der Waals surface area (Å²) >= 11 is 0. The monoisotopic (exact) mass is 308 g/mol. The number of anilines is 1. The molecule has 0 aliphatic rings. The molecule has 0 unspecified atom stereocenters. The molecule has 2 N–H and O–H groups in total. The van der Waals surface area contributed by atoms with Gasteiger partial charge in [0.25, 0.3) is 0 Å². The number of ether oxygens (including phenoxy) is 2. The molecule has 124 valence electrons. The summed E-state index contributed by atoms with van der Waals surface area (Å²) in [6, 6.07) is 5.58. The number of methoxy groups -OCH3 is 1. The van der Waals surface area contributed by atoms with Crippen LogP contribution in [-0.4, -0.2) is 31.4 Å². The van der Waals surface area contributed by atoms with Gasteiger partial charge in [-0.05, 0) is 71.8 Å². The van der Waals surface area contributed by atoms with Gasteiger partial charge in [-0.25, -0.2) is 4.79 Å². The standard InChI is InChI=1S/C17H28N2O3/c1-16(2,3)22-15(20)19-13-8-9-14(21-7)12(10-13)11-17(4,5)18-6/h8-10,18H,11H2,1-7H3,(H,19,20). The summed E-state index contributed by atoms with van der Waals surface area (Å²) < 4.78 is 10.7. The van der Waals surface area contributed by atoms with Gasteiger partial charge in [0.1, 0.15) is 11.4 Å². The third kappa shape index (κ3) is 5.93. The van der Waals surface area contributed by atoms with Crippen molar-refractivity contribution >= 4 is 11.8 Å². The van der Waals surface area contributed by atoms with Gasteiger partial charge >= 0.3 is 6.09 Å². The third-order valence-corrected chi connectivity index (χ3v) is 3.23. The smallest absolute Gasteiger partial charge is 0.412 e. The minimum atomic E-state index is -0.520. The zero-order valence-corrected chi connectivity index (χ0v) is 14.7. The number of hydrogen-bond donors (Lipinski definition) is 2. The Kier molecular flexibility index (Phi) is 5.83. The summed E-state index contributed by atoms with van der Waals surface area (Å²) in [6.45, 7) is 9.73. The second-order valence-corrected chi connectivity index (χ2v) is 6.96. The van der Waals surface area contributed by atoms with Crippen molar-refractivity contribution in [2.24, 2.45) is 0 Å². The van der Waals surface area contributed by atoms with Crippen molar-refractivity contribution in [3.05, 3.63) is 23.8 Å². The van der Waals surface area contributed by atoms with Crippen LogP contribution in [-0.2, 0) is 11.2 Å². The maximum absolute atomic E-state index is 11.9. The average Bonchev–Trinajstić information content (AvgIpc) is 2.36. The Labute approximate surface area is 133 Å². The lowest BCUT2D eigenvalue weighted by molar-refractivity contribution is 0.0636. The molecular weight excluding hydrogens is 280 g/mol. The molecule has 22 heavy (non-hydrogen) atoms. The highest BCUT2D eigenvalue weighted by molar-refractivity contribution is 5.85. The van der Waals surface area contributed by atoms with Gasteiger partial charge in [0.15, 0.2) is 0 Å². The third-order valence-electron chi connectivity index (χ3n) is 3.23. The SMILES string of the molecule is CNC(C)(C)Cc1cc(NC(=O)OC(C)(C)C)ccc1OC. The fourth-order valence-corrected chi connectivity index (χ4v) is 1.98. The van der Waals surface area contributed by atoms with E-state index in [1.807, 2.05) is 40.0 Å². The average molecular weight is 308 g/mol. The first-order valence-electron chi connectivity index (χ1n) is 7.42. The van der Waals surface area contributed by atoms with Crippen molar-refractivity contribution < 1.29 is 14.3 Å². The van der Waals surface area contributed by atoms with Crippen LogP contribution in [0.1, 0.15) is 40.2 Å². The van der Waals surface area contributed by atoms with E-state index in [9.17, 15) is 4.79 Å². The van der Waals surface area contributed by atoms with E-state index < -0.39 is 11.7 Å². The summed E-state index contributed by atoms with van der Waals surface area (Å²) in [5, 5.41) is 6.02. The Bertz CT molecular complexity index is 519. The Morgan fingerprint density at radius 1 is 1.18 bits per heavy atom. The Morgan fingerprint density at radius 3 is 2.32 bits per heavy atom. The van der Waals surface area contributed by atoms with Crippen LogP contribution in [0.2, 0.25) is 0 Å². The Morgan fingerprint density at radius 2 is 1.82 bits per heavy atom. The second-order valence-electron chi connectivity index (χ2n) is 6.96. The molecule has 1 rings (SSSR count). The maximum atomic E-state index is 11.9. The van der Waals surface area contributed by atoms with Gasteiger partial charge in [-0.3, -0.25) is 5.32 Å². The highest BCUT2D eigenvalue weighted by atomic mass is 16.6. The van der Waals surface area contributed by atoms with Crippen molar-refractivity contribution in [2.45, 2.75) is 52.2 Å². The van der Waals surface area contributed by atoms with Crippen LogP contribution in [0.4, 0.5) is 10.5 Å². The molecule has 0 spiro atoms. The molecule has 1 amide bonds. The summed E-state index contributed by atoms with van der Waals surface area (Å²) in [6.07, 6.45) is 0.313. The molecular formula is C17H28N2O3. The topological polar surface area (TPSA) is 59.6 Å². The summed E-state index contributed by atoms with van der Waals surface area (Å²) in [5.74, 6) is 0.804. The van der Waals surface area contributed by atoms with E-state index in [1.165, 1.54) is 0 Å². The van der Waals surface area contributed by atoms with Crippen molar-refractivity contribution in [2.75, 3.05) is 19.5 Å². The number of benzene rings is 1. The second kappa shape index (κ2) is 7.01. The number of amides is 1. The van der Waals surface area contributed by atoms with Crippen molar-refractivity contribution in [3.8, 4) is 5.75 Å². The number of rotatable bonds is 5. The molecule has 0 aromatic heterocycles. The van der Waals surface area contributed by atoms with Crippen LogP contribution in [0, 0.1) is 0 Å². The number of carbonyl (C=O) groups is 1. The molecule has 0 heterocycles. The molecule has 0 saturated carbocycles. The van der Waals surface area contributed by atoms with Crippen LogP contribution < -0.4 is 15.4 Å². The van der Waals surface area contributed by atoms with Gasteiger partial charge < -0.3 is 14.8 Å². The van der Waals surface area contributed by atoms with Crippen molar-refractivity contribution in [3.63, 3.8) is 0 Å². The van der Waals surface area contributed by atoms with Crippen LogP contribution in [0.5, 0.6) is 5.75 Å². The summed E-state index contributed by atoms with van der Waals surface area (Å²) in [7, 11) is 3.57. The first-order chi connectivity index (χ1) is 10.1. The quantitative estimate of drug-likeness (QED) is 0.873. The highest BCUT2D eigenvalue weighted by Gasteiger charge is 2.20. The molecule has 0 fully saturated rings. The van der Waals surface area contributed by atoms with E-state index in [0.29, 0.717) is 5.69 Å². The van der Waals surface area contributed by atoms with Crippen LogP contribution in [0.25, 0.3) is 0 Å². The van der Waals surface area contributed by atoms with E-state index in [-0.39, 0.29) is 5.54 Å². The van der Waals surface area contributed by atoms with E-state index in [2.05, 4.69) is 24.5 Å². The number of nitrogens with one attached hydrogen (secondary N) is 2. The predicted molar refractivity (Wildman–Crippen MR) is 89.7 cm³/mol. The molecule has 0 saturated heterocycles. The first kappa shape index (κ1) is 18.3. The van der Waals surface area contributed by atoms with Crippen LogP contribution >= 0.6 is 0 Å². The van der Waals surface area contributed by atoms with Crippen LogP contribution in [0.3, 0.4) is 0 Å². The molecule has 5 heteroatoms. The van der Waals surface area contributed by atoms with E-state index in [1.54, 1.807) is 13.2 Å². The molecule has 1 aromatic rings. The molecule has 1 aromatic carbocycles. The van der Waals surface area contributed by atoms with Gasteiger partial charge in [-0.15, -0.1) is 0 Å². The lowest BCUT2D eigenvalue weighted by Gasteiger charge is -2.25. The van der Waals surface area contributed by atoms with Crippen LogP contribution in [0.15, 0.2) is 18.2 Å². The lowest BCUT2D eigenvalue weighted by atomic mass is 9.94. The van der Waals surface area contributed by atoms with E-state index in [4.69, 9.17) is 9.47 Å². The van der Waals surface area contributed by atoms with E-state index in [0.717, 1.165) is 17.7 Å². The number of hydrogen-bond acceptors (Lipinski definition) is 4. The van der Waals surface area contributed by atoms with Gasteiger partial charge in [-0.2, -0.15) is 0 Å². The van der Waals surface area contributed by atoms with Gasteiger partial charge in [0.2, 0.25) is 0 Å². The zero-order valence-electron chi connectivity index (χ0n) is 14.7. The van der Waals surface area contributed by atoms with Gasteiger partial charge in [-0.1, -0.05) is 0 Å². The molecule has 0 aliphatic carbocycles. The molecule has 0 aliphatic heterocycles. The van der Waals surface area contributed by atoms with Crippen molar-refractivity contribution in [1.29, 1.82) is 0 Å². The number of carbonyl (C=O) groups excluding carboxylic acids is 1. The molecule has 0 radical (unpaired) electrons. The fraction of sp³-hybridized carbons (Fsp3) is 0.588. The highest BCUT2D eigenvalue weighted by Crippen LogP contribution is 2.26. The Balaban J connectivity index is 2.93. The summed E-state index contributed by atoms with van der Waals surface area (Å²) in [4.78, 5) is 11.9. The molecule has 0 bridgehead atoms. The Hall–Kier alpha value is -1.75. The largest absolute Gasteiger partial charge is 0.496 e. The van der Waals surface area contributed by atoms with Gasteiger partial charge in [0.05, 0.1) is 7.11 Å². The van der Waals surface area contributed by atoms with Crippen molar-refractivity contribution in [1.82, 2.24) is 5.32 Å².